The summed E-state index contributed by atoms with van der Waals surface area (Å²) in [7, 11) is 1.58. The minimum atomic E-state index is -0.164. The van der Waals surface area contributed by atoms with Crippen molar-refractivity contribution >= 4 is 34.2 Å². The van der Waals surface area contributed by atoms with Gasteiger partial charge in [-0.05, 0) is 48.5 Å². The van der Waals surface area contributed by atoms with E-state index in [1.165, 1.54) is 0 Å². The molecule has 1 amide bonds. The van der Waals surface area contributed by atoms with Gasteiger partial charge in [0.05, 0.1) is 23.8 Å². The summed E-state index contributed by atoms with van der Waals surface area (Å²) >= 11 is 6.02. The number of aromatic nitrogens is 2. The van der Waals surface area contributed by atoms with Crippen LogP contribution in [0.5, 0.6) is 5.75 Å². The average Bonchev–Trinajstić information content (AvgIpc) is 3.07. The Morgan fingerprint density at radius 1 is 1.04 bits per heavy atom. The van der Waals surface area contributed by atoms with Crippen LogP contribution in [0.15, 0.2) is 72.8 Å². The third-order valence-electron chi connectivity index (χ3n) is 4.44. The molecule has 1 heterocycles. The number of nitrogens with one attached hydrogen (secondary N) is 1. The lowest BCUT2D eigenvalue weighted by Gasteiger charge is -2.12. The fourth-order valence-electron chi connectivity index (χ4n) is 3.14. The summed E-state index contributed by atoms with van der Waals surface area (Å²) in [6.07, 6.45) is 0. The molecule has 140 valence electrons. The van der Waals surface area contributed by atoms with Crippen LogP contribution < -0.4 is 10.1 Å². The van der Waals surface area contributed by atoms with Crippen molar-refractivity contribution in [2.45, 2.75) is 6.54 Å². The Morgan fingerprint density at radius 2 is 1.75 bits per heavy atom. The number of amides is 1. The molecule has 0 radical (unpaired) electrons. The molecule has 0 saturated carbocycles. The molecule has 3 aromatic carbocycles. The molecule has 0 bridgehead atoms. The number of anilines is 1. The number of hydrogen-bond acceptors (Lipinski definition) is 3. The molecule has 0 aliphatic heterocycles. The summed E-state index contributed by atoms with van der Waals surface area (Å²) in [5.41, 5.74) is 3.25. The van der Waals surface area contributed by atoms with Crippen LogP contribution >= 0.6 is 11.6 Å². The van der Waals surface area contributed by atoms with E-state index in [0.29, 0.717) is 22.3 Å². The first-order valence-electron chi connectivity index (χ1n) is 8.80. The maximum absolute atomic E-state index is 12.8. The highest BCUT2D eigenvalue weighted by atomic mass is 35.5. The molecule has 1 N–H and O–H groups in total. The molecular weight excluding hydrogens is 374 g/mol. The predicted molar refractivity (Wildman–Crippen MR) is 112 cm³/mol. The van der Waals surface area contributed by atoms with Crippen molar-refractivity contribution in [2.24, 2.45) is 0 Å². The number of benzene rings is 3. The molecule has 0 fully saturated rings. The van der Waals surface area contributed by atoms with Gasteiger partial charge in [-0.15, -0.1) is 0 Å². The van der Waals surface area contributed by atoms with Crippen LogP contribution in [0, 0.1) is 0 Å². The second-order valence-electron chi connectivity index (χ2n) is 6.27. The van der Waals surface area contributed by atoms with Crippen molar-refractivity contribution < 1.29 is 9.53 Å². The van der Waals surface area contributed by atoms with Crippen molar-refractivity contribution in [1.82, 2.24) is 9.55 Å². The van der Waals surface area contributed by atoms with Gasteiger partial charge in [0, 0.05) is 10.6 Å². The van der Waals surface area contributed by atoms with Gasteiger partial charge in [0.2, 0.25) is 5.91 Å². The van der Waals surface area contributed by atoms with E-state index in [1.807, 2.05) is 71.3 Å². The normalized spacial score (nSPS) is 10.8. The van der Waals surface area contributed by atoms with Gasteiger partial charge >= 0.3 is 0 Å². The molecule has 1 aromatic heterocycles. The number of ether oxygens (including phenoxy) is 1. The second-order valence-corrected chi connectivity index (χ2v) is 6.70. The first kappa shape index (κ1) is 18.1. The quantitative estimate of drug-likeness (QED) is 0.520. The number of imidazole rings is 1. The molecule has 5 nitrogen and oxygen atoms in total. The number of carbonyl (C=O) groups excluding carboxylic acids is 1. The van der Waals surface area contributed by atoms with Crippen LogP contribution in [0.1, 0.15) is 0 Å². The first-order valence-corrected chi connectivity index (χ1v) is 9.17. The van der Waals surface area contributed by atoms with Gasteiger partial charge < -0.3 is 14.6 Å². The highest BCUT2D eigenvalue weighted by Gasteiger charge is 2.16. The fraction of sp³-hybridized carbons (Fsp3) is 0.0909. The minimum Gasteiger partial charge on any atom is -0.495 e. The van der Waals surface area contributed by atoms with Gasteiger partial charge in [0.15, 0.2) is 0 Å². The van der Waals surface area contributed by atoms with Gasteiger partial charge in [-0.25, -0.2) is 4.98 Å². The van der Waals surface area contributed by atoms with E-state index in [9.17, 15) is 4.79 Å². The van der Waals surface area contributed by atoms with E-state index in [0.717, 1.165) is 16.6 Å². The topological polar surface area (TPSA) is 56.1 Å². The second kappa shape index (κ2) is 7.74. The van der Waals surface area contributed by atoms with E-state index in [4.69, 9.17) is 21.3 Å². The Balaban J connectivity index is 1.70. The number of hydrogen-bond donors (Lipinski definition) is 1. The Morgan fingerprint density at radius 3 is 2.54 bits per heavy atom. The zero-order chi connectivity index (χ0) is 19.5. The van der Waals surface area contributed by atoms with Crippen molar-refractivity contribution in [3.63, 3.8) is 0 Å². The van der Waals surface area contributed by atoms with Gasteiger partial charge in [-0.2, -0.15) is 0 Å². The standard InChI is InChI=1S/C22H18ClN3O2/c1-28-20-9-5-3-7-18(20)24-21(27)14-26-19-8-4-2-6-17(19)25-22(26)15-10-12-16(23)13-11-15/h2-13H,14H2,1H3,(H,24,27). The Hall–Kier alpha value is -3.31. The molecule has 28 heavy (non-hydrogen) atoms. The number of para-hydroxylation sites is 4. The Labute approximate surface area is 167 Å². The van der Waals surface area contributed by atoms with Crippen LogP contribution in [0.2, 0.25) is 5.02 Å². The van der Waals surface area contributed by atoms with E-state index in [-0.39, 0.29) is 12.5 Å². The van der Waals surface area contributed by atoms with Crippen LogP contribution in [0.4, 0.5) is 5.69 Å². The van der Waals surface area contributed by atoms with Crippen molar-refractivity contribution in [1.29, 1.82) is 0 Å². The van der Waals surface area contributed by atoms with Crippen molar-refractivity contribution in [2.75, 3.05) is 12.4 Å². The number of carbonyl (C=O) groups is 1. The van der Waals surface area contributed by atoms with E-state index < -0.39 is 0 Å². The third kappa shape index (κ3) is 3.57. The molecule has 0 atom stereocenters. The number of nitrogens with zero attached hydrogens (tertiary/aromatic N) is 2. The average molecular weight is 392 g/mol. The highest BCUT2D eigenvalue weighted by Crippen LogP contribution is 2.27. The molecule has 4 rings (SSSR count). The smallest absolute Gasteiger partial charge is 0.244 e. The molecule has 0 aliphatic rings. The van der Waals surface area contributed by atoms with Crippen LogP contribution in [-0.4, -0.2) is 22.6 Å². The predicted octanol–water partition coefficient (Wildman–Crippen LogP) is 5.00. The summed E-state index contributed by atoms with van der Waals surface area (Å²) in [5.74, 6) is 1.17. The highest BCUT2D eigenvalue weighted by molar-refractivity contribution is 6.30. The number of fused-ring (bicyclic) bond motifs is 1. The summed E-state index contributed by atoms with van der Waals surface area (Å²) in [6, 6.07) is 22.5. The first-order chi connectivity index (χ1) is 13.7. The SMILES string of the molecule is COc1ccccc1NC(=O)Cn1c(-c2ccc(Cl)cc2)nc2ccccc21. The van der Waals surface area contributed by atoms with Gasteiger partial charge in [0.1, 0.15) is 18.1 Å². The molecule has 6 heteroatoms. The van der Waals surface area contributed by atoms with Crippen LogP contribution in [0.25, 0.3) is 22.4 Å². The monoisotopic (exact) mass is 391 g/mol. The maximum atomic E-state index is 12.8. The van der Waals surface area contributed by atoms with Gasteiger partial charge in [-0.3, -0.25) is 4.79 Å². The zero-order valence-corrected chi connectivity index (χ0v) is 16.0. The summed E-state index contributed by atoms with van der Waals surface area (Å²) < 4.78 is 7.22. The van der Waals surface area contributed by atoms with Gasteiger partial charge in [0.25, 0.3) is 0 Å². The van der Waals surface area contributed by atoms with Crippen LogP contribution in [0.3, 0.4) is 0 Å². The molecule has 0 spiro atoms. The number of methoxy groups -OCH3 is 1. The van der Waals surface area contributed by atoms with E-state index >= 15 is 0 Å². The maximum Gasteiger partial charge on any atom is 0.244 e. The lowest BCUT2D eigenvalue weighted by molar-refractivity contribution is -0.116. The van der Waals surface area contributed by atoms with E-state index in [2.05, 4.69) is 5.32 Å². The van der Waals surface area contributed by atoms with Crippen molar-refractivity contribution in [3.8, 4) is 17.1 Å². The molecular formula is C22H18ClN3O2. The largest absolute Gasteiger partial charge is 0.495 e. The Bertz CT molecular complexity index is 1140. The summed E-state index contributed by atoms with van der Waals surface area (Å²) in [6.45, 7) is 0.122. The lowest BCUT2D eigenvalue weighted by Crippen LogP contribution is -2.19. The Kier molecular flexibility index (Phi) is 5.00. The fourth-order valence-corrected chi connectivity index (χ4v) is 3.26. The van der Waals surface area contributed by atoms with Crippen molar-refractivity contribution in [3.05, 3.63) is 77.8 Å². The summed E-state index contributed by atoms with van der Waals surface area (Å²) in [5, 5.41) is 3.57. The number of rotatable bonds is 5. The molecule has 4 aromatic rings. The zero-order valence-electron chi connectivity index (χ0n) is 15.2. The lowest BCUT2D eigenvalue weighted by atomic mass is 10.2. The molecule has 0 aliphatic carbocycles. The van der Waals surface area contributed by atoms with Crippen LogP contribution in [-0.2, 0) is 11.3 Å². The minimum absolute atomic E-state index is 0.122. The molecule has 0 unspecified atom stereocenters. The van der Waals surface area contributed by atoms with Gasteiger partial charge in [-0.1, -0.05) is 35.9 Å². The molecule has 0 saturated heterocycles. The number of halogens is 1. The van der Waals surface area contributed by atoms with E-state index in [1.54, 1.807) is 13.2 Å². The summed E-state index contributed by atoms with van der Waals surface area (Å²) in [4.78, 5) is 17.5. The third-order valence-corrected chi connectivity index (χ3v) is 4.69.